The van der Waals surface area contributed by atoms with Crippen molar-refractivity contribution in [3.05, 3.63) is 35.9 Å². The van der Waals surface area contributed by atoms with Gasteiger partial charge in [0, 0.05) is 6.42 Å². The second-order valence-electron chi connectivity index (χ2n) is 7.76. The first kappa shape index (κ1) is 35.5. The molecule has 0 saturated heterocycles. The molecule has 0 saturated carbocycles. The maximum atomic E-state index is 10.3. The van der Waals surface area contributed by atoms with Gasteiger partial charge in [0.15, 0.2) is 0 Å². The summed E-state index contributed by atoms with van der Waals surface area (Å²) in [4.78, 5) is 20.5. The Morgan fingerprint density at radius 3 is 1.29 bits per heavy atom. The van der Waals surface area contributed by atoms with Gasteiger partial charge in [-0.3, -0.25) is 4.79 Å². The fraction of sp³-hybridized carbons (Fsp3) is 0.680. The normalized spacial score (nSPS) is 9.58. The van der Waals surface area contributed by atoms with Gasteiger partial charge < -0.3 is 10.2 Å². The molecule has 0 aromatic heterocycles. The average molecular weight is 457 g/mol. The molecule has 172 valence electrons. The molecule has 1 rings (SSSR count). The molecule has 0 atom stereocenters. The molecule has 0 heterocycles. The molecule has 2 N–H and O–H groups in total. The second kappa shape index (κ2) is 28.0. The number of hydrogen-bond acceptors (Lipinski definition) is 2. The summed E-state index contributed by atoms with van der Waals surface area (Å²) in [5.41, 5.74) is 0.331. The number of carboxylic acid groups (broad SMARTS) is 2. The predicted octanol–water partition coefficient (Wildman–Crippen LogP) is 6.15. The van der Waals surface area contributed by atoms with Crippen molar-refractivity contribution in [2.45, 2.75) is 110 Å². The first-order chi connectivity index (χ1) is 14.1. The van der Waals surface area contributed by atoms with Crippen LogP contribution in [0.3, 0.4) is 0 Å². The van der Waals surface area contributed by atoms with E-state index < -0.39 is 11.9 Å². The molecule has 0 amide bonds. The van der Waals surface area contributed by atoms with Crippen LogP contribution in [0.2, 0.25) is 0 Å². The third-order valence-electron chi connectivity index (χ3n) is 5.01. The van der Waals surface area contributed by atoms with Gasteiger partial charge in [-0.25, -0.2) is 4.79 Å². The van der Waals surface area contributed by atoms with Crippen molar-refractivity contribution in [1.29, 1.82) is 0 Å². The average Bonchev–Trinajstić information content (AvgIpc) is 2.72. The van der Waals surface area contributed by atoms with E-state index in [2.05, 4.69) is 6.92 Å². The van der Waals surface area contributed by atoms with E-state index in [0.717, 1.165) is 12.8 Å². The Labute approximate surface area is 228 Å². The van der Waals surface area contributed by atoms with E-state index in [4.69, 9.17) is 10.2 Å². The van der Waals surface area contributed by atoms with E-state index >= 15 is 0 Å². The summed E-state index contributed by atoms with van der Waals surface area (Å²) in [5.74, 6) is -1.53. The molecule has 1 aromatic carbocycles. The second-order valence-corrected chi connectivity index (χ2v) is 7.76. The number of carbonyl (C=O) groups is 2. The molecule has 0 aliphatic heterocycles. The van der Waals surface area contributed by atoms with Crippen molar-refractivity contribution >= 4 is 64.5 Å². The number of benzene rings is 1. The van der Waals surface area contributed by atoms with Gasteiger partial charge in [0.05, 0.1) is 5.56 Å². The van der Waals surface area contributed by atoms with Crippen LogP contribution in [0.1, 0.15) is 120 Å². The first-order valence-electron chi connectivity index (χ1n) is 11.6. The number of unbranched alkanes of at least 4 members (excludes halogenated alkanes) is 14. The quantitative estimate of drug-likeness (QED) is 0.218. The Morgan fingerprint density at radius 2 is 1.00 bits per heavy atom. The molecule has 1 aromatic rings. The van der Waals surface area contributed by atoms with Crippen molar-refractivity contribution in [3.8, 4) is 0 Å². The summed E-state index contributed by atoms with van der Waals surface area (Å²) in [6.07, 6.45) is 20.2. The van der Waals surface area contributed by atoms with E-state index in [-0.39, 0.29) is 52.6 Å². The maximum absolute atomic E-state index is 10.3. The predicted molar refractivity (Wildman–Crippen MR) is 136 cm³/mol. The van der Waals surface area contributed by atoms with Crippen LogP contribution in [0, 0.1) is 0 Å². The summed E-state index contributed by atoms with van der Waals surface area (Å²) in [6.45, 7) is 2.27. The van der Waals surface area contributed by atoms with Gasteiger partial charge in [0.2, 0.25) is 0 Å². The Morgan fingerprint density at radius 1 is 0.645 bits per heavy atom. The molecule has 0 spiro atoms. The van der Waals surface area contributed by atoms with E-state index in [0.29, 0.717) is 12.0 Å². The molecule has 6 heteroatoms. The monoisotopic (exact) mass is 456 g/mol. The zero-order valence-electron chi connectivity index (χ0n) is 18.4. The van der Waals surface area contributed by atoms with E-state index in [1.807, 2.05) is 0 Å². The number of carboxylic acids is 2. The minimum atomic E-state index is -0.879. The molecule has 31 heavy (non-hydrogen) atoms. The summed E-state index contributed by atoms with van der Waals surface area (Å²) in [7, 11) is 0. The number of aliphatic carboxylic acids is 1. The van der Waals surface area contributed by atoms with Crippen molar-refractivity contribution in [2.75, 3.05) is 0 Å². The van der Waals surface area contributed by atoms with Gasteiger partial charge in [-0.2, -0.15) is 0 Å². The molecule has 0 aliphatic rings. The molecule has 0 unspecified atom stereocenters. The standard InChI is InChI=1S/C18H36O2.C7H6O2.Mg.Na.3H/c1-2-3-4-5-6-7-8-9-10-11-12-13-14-15-16-17-18(19)20;8-7(9)6-4-2-1-3-5-6;;;;;/h2-17H2,1H3,(H,19,20);1-5H,(H,8,9);;;;;. The topological polar surface area (TPSA) is 74.6 Å². The van der Waals surface area contributed by atoms with Gasteiger partial charge in [-0.05, 0) is 18.6 Å². The number of aromatic carboxylic acids is 1. The molecular formula is C25H45MgNaO4. The van der Waals surface area contributed by atoms with Crippen molar-refractivity contribution in [3.63, 3.8) is 0 Å². The SMILES string of the molecule is CCCCCCCCCCCCCCCCCC(=O)O.O=C(O)c1ccccc1.[MgH2].[NaH]. The van der Waals surface area contributed by atoms with Crippen LogP contribution in [0.15, 0.2) is 30.3 Å². The molecule has 0 fully saturated rings. The van der Waals surface area contributed by atoms with E-state index in [1.54, 1.807) is 30.3 Å². The van der Waals surface area contributed by atoms with Crippen LogP contribution < -0.4 is 0 Å². The van der Waals surface area contributed by atoms with Crippen LogP contribution >= 0.6 is 0 Å². The van der Waals surface area contributed by atoms with Crippen LogP contribution in [0.4, 0.5) is 0 Å². The zero-order chi connectivity index (χ0) is 21.6. The van der Waals surface area contributed by atoms with Gasteiger partial charge in [0.25, 0.3) is 0 Å². The van der Waals surface area contributed by atoms with Gasteiger partial charge in [-0.1, -0.05) is 115 Å². The van der Waals surface area contributed by atoms with Crippen LogP contribution in [0.25, 0.3) is 0 Å². The first-order valence-corrected chi connectivity index (χ1v) is 11.6. The van der Waals surface area contributed by atoms with Crippen LogP contribution in [-0.4, -0.2) is 74.8 Å². The summed E-state index contributed by atoms with van der Waals surface area (Å²) in [6, 6.07) is 8.30. The Kier molecular flexibility index (Phi) is 32.0. The number of hydrogen-bond donors (Lipinski definition) is 2. The molecule has 0 aliphatic carbocycles. The van der Waals surface area contributed by atoms with Crippen molar-refractivity contribution in [1.82, 2.24) is 0 Å². The van der Waals surface area contributed by atoms with Crippen LogP contribution in [0.5, 0.6) is 0 Å². The molecular weight excluding hydrogens is 412 g/mol. The Hall–Kier alpha value is -0.0738. The summed E-state index contributed by atoms with van der Waals surface area (Å²) in [5, 5.41) is 16.9. The molecule has 4 nitrogen and oxygen atoms in total. The fourth-order valence-corrected chi connectivity index (χ4v) is 3.23. The van der Waals surface area contributed by atoms with Gasteiger partial charge >= 0.3 is 64.5 Å². The van der Waals surface area contributed by atoms with Crippen LogP contribution in [-0.2, 0) is 4.79 Å². The van der Waals surface area contributed by atoms with E-state index in [1.165, 1.54) is 83.5 Å². The molecule has 0 radical (unpaired) electrons. The fourth-order valence-electron chi connectivity index (χ4n) is 3.23. The van der Waals surface area contributed by atoms with Crippen molar-refractivity contribution in [2.24, 2.45) is 0 Å². The van der Waals surface area contributed by atoms with Crippen molar-refractivity contribution < 1.29 is 19.8 Å². The van der Waals surface area contributed by atoms with Gasteiger partial charge in [0.1, 0.15) is 0 Å². The minimum absolute atomic E-state index is 0. The van der Waals surface area contributed by atoms with E-state index in [9.17, 15) is 9.59 Å². The molecule has 0 bridgehead atoms. The Balaban J connectivity index is -0.000000598. The summed E-state index contributed by atoms with van der Waals surface area (Å²) >= 11 is 0. The third kappa shape index (κ3) is 27.9. The Bertz CT molecular complexity index is 512. The number of rotatable bonds is 17. The van der Waals surface area contributed by atoms with Gasteiger partial charge in [-0.15, -0.1) is 0 Å². The summed E-state index contributed by atoms with van der Waals surface area (Å²) < 4.78 is 0. The zero-order valence-corrected chi connectivity index (χ0v) is 18.4. The third-order valence-corrected chi connectivity index (χ3v) is 5.01.